The zero-order valence-corrected chi connectivity index (χ0v) is 19.9. The van der Waals surface area contributed by atoms with E-state index >= 15 is 0 Å². The highest BCUT2D eigenvalue weighted by molar-refractivity contribution is 7.89. The minimum Gasteiger partial charge on any atom is -0.493 e. The number of nitrogens with zero attached hydrogens (tertiary/aromatic N) is 2. The van der Waals surface area contributed by atoms with Crippen LogP contribution in [-0.4, -0.2) is 60.3 Å². The van der Waals surface area contributed by atoms with Gasteiger partial charge in [-0.1, -0.05) is 12.1 Å². The number of methoxy groups -OCH3 is 2. The summed E-state index contributed by atoms with van der Waals surface area (Å²) in [6, 6.07) is 14.5. The van der Waals surface area contributed by atoms with Crippen LogP contribution in [0.25, 0.3) is 0 Å². The molecule has 2 heterocycles. The van der Waals surface area contributed by atoms with Gasteiger partial charge in [-0.2, -0.15) is 0 Å². The molecule has 1 N–H and O–H groups in total. The lowest BCUT2D eigenvalue weighted by atomic mass is 10.1. The summed E-state index contributed by atoms with van der Waals surface area (Å²) in [5.74, 6) is 1.19. The second-order valence-corrected chi connectivity index (χ2v) is 9.64. The molecule has 1 aliphatic heterocycles. The van der Waals surface area contributed by atoms with Gasteiger partial charge in [-0.25, -0.2) is 17.5 Å². The lowest BCUT2D eigenvalue weighted by Gasteiger charge is -2.39. The largest absolute Gasteiger partial charge is 0.493 e. The fraction of sp³-hybridized carbons (Fsp3) is 0.333. The minimum absolute atomic E-state index is 0.0766. The molecule has 1 atom stereocenters. The van der Waals surface area contributed by atoms with Crippen molar-refractivity contribution in [1.82, 2.24) is 9.62 Å². The van der Waals surface area contributed by atoms with Gasteiger partial charge in [0.05, 0.1) is 37.1 Å². The van der Waals surface area contributed by atoms with E-state index in [1.54, 1.807) is 30.5 Å². The maximum Gasteiger partial charge on any atom is 0.240 e. The molecule has 2 aromatic carbocycles. The third kappa shape index (κ3) is 5.19. The van der Waals surface area contributed by atoms with Crippen molar-refractivity contribution in [3.63, 3.8) is 0 Å². The summed E-state index contributed by atoms with van der Waals surface area (Å²) in [4.78, 5) is 4.22. The number of nitrogens with one attached hydrogen (secondary N) is 1. The Kier molecular flexibility index (Phi) is 7.40. The minimum atomic E-state index is -3.82. The maximum atomic E-state index is 14.2. The average molecular weight is 490 g/mol. The second-order valence-electron chi connectivity index (χ2n) is 7.87. The highest BCUT2D eigenvalue weighted by Crippen LogP contribution is 2.30. The molecule has 8 nitrogen and oxygen atoms in total. The molecule has 0 unspecified atom stereocenters. The van der Waals surface area contributed by atoms with E-state index in [0.29, 0.717) is 49.1 Å². The number of rotatable bonds is 9. The summed E-state index contributed by atoms with van der Waals surface area (Å²) in [6.45, 7) is 2.58. The molecule has 0 amide bonds. The Labute approximate surface area is 198 Å². The highest BCUT2D eigenvalue weighted by atomic mass is 32.2. The predicted octanol–water partition coefficient (Wildman–Crippen LogP) is 3.28. The van der Waals surface area contributed by atoms with Crippen LogP contribution in [-0.2, 0) is 10.0 Å². The number of benzene rings is 2. The van der Waals surface area contributed by atoms with Crippen LogP contribution >= 0.6 is 0 Å². The molecule has 1 fully saturated rings. The zero-order chi connectivity index (χ0) is 24.1. The number of ether oxygens (including phenoxy) is 2. The molecule has 1 saturated heterocycles. The second kappa shape index (κ2) is 10.5. The number of hydrogen-bond donors (Lipinski definition) is 1. The van der Waals surface area contributed by atoms with Crippen molar-refractivity contribution in [2.24, 2.45) is 0 Å². The van der Waals surface area contributed by atoms with Gasteiger partial charge >= 0.3 is 0 Å². The molecule has 10 heteroatoms. The van der Waals surface area contributed by atoms with E-state index in [0.717, 1.165) is 0 Å². The summed E-state index contributed by atoms with van der Waals surface area (Å²) in [6.07, 6.45) is 1.57. The van der Waals surface area contributed by atoms with Crippen molar-refractivity contribution in [3.05, 3.63) is 72.4 Å². The molecule has 0 spiro atoms. The lowest BCUT2D eigenvalue weighted by molar-refractivity contribution is 0.166. The van der Waals surface area contributed by atoms with Crippen molar-refractivity contribution in [3.8, 4) is 11.5 Å². The van der Waals surface area contributed by atoms with Gasteiger partial charge in [0.15, 0.2) is 11.5 Å². The molecule has 4 rings (SSSR count). The smallest absolute Gasteiger partial charge is 0.240 e. The summed E-state index contributed by atoms with van der Waals surface area (Å²) in [7, 11) is -0.872. The Morgan fingerprint density at radius 2 is 1.74 bits per heavy atom. The molecule has 1 aromatic heterocycles. The summed E-state index contributed by atoms with van der Waals surface area (Å²) >= 11 is 0. The third-order valence-electron chi connectivity index (χ3n) is 5.95. The first-order valence-electron chi connectivity index (χ1n) is 10.9. The predicted molar refractivity (Wildman–Crippen MR) is 126 cm³/mol. The van der Waals surface area contributed by atoms with E-state index in [1.807, 2.05) is 17.0 Å². The molecule has 34 heavy (non-hydrogen) atoms. The van der Waals surface area contributed by atoms with E-state index in [9.17, 15) is 12.8 Å². The fourth-order valence-electron chi connectivity index (χ4n) is 4.13. The first-order valence-corrected chi connectivity index (χ1v) is 12.4. The number of piperazine rings is 1. The Morgan fingerprint density at radius 3 is 2.38 bits per heavy atom. The van der Waals surface area contributed by atoms with Crippen LogP contribution in [0, 0.1) is 5.82 Å². The van der Waals surface area contributed by atoms with Crippen molar-refractivity contribution < 1.29 is 26.7 Å². The molecular weight excluding hydrogens is 461 g/mol. The number of sulfonamides is 1. The van der Waals surface area contributed by atoms with E-state index in [1.165, 1.54) is 32.4 Å². The molecule has 0 saturated carbocycles. The molecule has 3 aromatic rings. The SMILES string of the molecule is COc1ccc(S(=O)(=O)NC[C@@H](c2ccco2)N2CCN(c3ccccc3F)CC2)cc1OC. The Balaban J connectivity index is 1.47. The van der Waals surface area contributed by atoms with Crippen LogP contribution in [0.5, 0.6) is 11.5 Å². The first-order chi connectivity index (χ1) is 16.4. The number of hydrogen-bond acceptors (Lipinski definition) is 7. The van der Waals surface area contributed by atoms with Crippen molar-refractivity contribution in [2.45, 2.75) is 10.9 Å². The van der Waals surface area contributed by atoms with Gasteiger partial charge in [-0.3, -0.25) is 4.90 Å². The highest BCUT2D eigenvalue weighted by Gasteiger charge is 2.29. The Morgan fingerprint density at radius 1 is 1.00 bits per heavy atom. The lowest BCUT2D eigenvalue weighted by Crippen LogP contribution is -2.50. The van der Waals surface area contributed by atoms with Gasteiger partial charge in [0.2, 0.25) is 10.0 Å². The molecule has 0 aliphatic carbocycles. The van der Waals surface area contributed by atoms with Gasteiger partial charge in [-0.05, 0) is 36.4 Å². The summed E-state index contributed by atoms with van der Waals surface area (Å²) in [5.41, 5.74) is 0.575. The topological polar surface area (TPSA) is 84.2 Å². The molecule has 0 bridgehead atoms. The van der Waals surface area contributed by atoms with Crippen molar-refractivity contribution >= 4 is 15.7 Å². The van der Waals surface area contributed by atoms with Crippen molar-refractivity contribution in [1.29, 1.82) is 0 Å². The number of furan rings is 1. The molecular formula is C24H28FN3O5S. The van der Waals surface area contributed by atoms with E-state index in [-0.39, 0.29) is 23.3 Å². The van der Waals surface area contributed by atoms with Gasteiger partial charge in [0.1, 0.15) is 11.6 Å². The zero-order valence-electron chi connectivity index (χ0n) is 19.1. The number of para-hydroxylation sites is 1. The molecule has 0 radical (unpaired) electrons. The van der Waals surface area contributed by atoms with Crippen LogP contribution in [0.15, 0.2) is 70.2 Å². The third-order valence-corrected chi connectivity index (χ3v) is 7.37. The van der Waals surface area contributed by atoms with E-state index < -0.39 is 10.0 Å². The number of halogens is 1. The number of anilines is 1. The van der Waals surface area contributed by atoms with Gasteiger partial charge in [0, 0.05) is 38.8 Å². The van der Waals surface area contributed by atoms with Crippen LogP contribution in [0.1, 0.15) is 11.8 Å². The van der Waals surface area contributed by atoms with E-state index in [4.69, 9.17) is 13.9 Å². The van der Waals surface area contributed by atoms with Crippen LogP contribution in [0.4, 0.5) is 10.1 Å². The molecule has 1 aliphatic rings. The summed E-state index contributed by atoms with van der Waals surface area (Å²) in [5, 5.41) is 0. The maximum absolute atomic E-state index is 14.2. The van der Waals surface area contributed by atoms with E-state index in [2.05, 4.69) is 9.62 Å². The normalized spacial score (nSPS) is 15.8. The first kappa shape index (κ1) is 24.1. The van der Waals surface area contributed by atoms with Crippen LogP contribution in [0.2, 0.25) is 0 Å². The fourth-order valence-corrected chi connectivity index (χ4v) is 5.18. The van der Waals surface area contributed by atoms with Gasteiger partial charge in [0.25, 0.3) is 0 Å². The monoisotopic (exact) mass is 489 g/mol. The quantitative estimate of drug-likeness (QED) is 0.494. The van der Waals surface area contributed by atoms with Gasteiger partial charge < -0.3 is 18.8 Å². The summed E-state index contributed by atoms with van der Waals surface area (Å²) < 4.78 is 59.0. The van der Waals surface area contributed by atoms with Crippen LogP contribution < -0.4 is 19.1 Å². The van der Waals surface area contributed by atoms with Crippen LogP contribution in [0.3, 0.4) is 0 Å². The Hall–Kier alpha value is -3.08. The molecule has 182 valence electrons. The average Bonchev–Trinajstić information content (AvgIpc) is 3.39. The van der Waals surface area contributed by atoms with Gasteiger partial charge in [-0.15, -0.1) is 0 Å². The Bertz CT molecular complexity index is 1200. The standard InChI is InChI=1S/C24H28FN3O5S/c1-31-23-10-9-18(16-24(23)32-2)34(29,30)26-17-21(22-8-5-15-33-22)28-13-11-27(12-14-28)20-7-4-3-6-19(20)25/h3-10,15-16,21,26H,11-14,17H2,1-2H3/t21-/m0/s1. The van der Waals surface area contributed by atoms with Crippen molar-refractivity contribution in [2.75, 3.05) is 51.8 Å².